The summed E-state index contributed by atoms with van der Waals surface area (Å²) in [4.78, 5) is 18.8. The number of nitrogens with one attached hydrogen (secondary N) is 2. The molecule has 3 N–H and O–H groups in total. The SMILES string of the molecule is N#CC(C#N)=C1c2c(n[nH]c2-c2ccccc2)Oc2nc(=O)[nH]c(-c3ccccc3O)c21. The number of fused-ring (bicyclic) bond motifs is 2. The molecule has 9 heteroatoms. The maximum Gasteiger partial charge on any atom is 0.348 e. The average Bonchev–Trinajstić information content (AvgIpc) is 3.23. The second-order valence-electron chi connectivity index (χ2n) is 6.83. The van der Waals surface area contributed by atoms with Gasteiger partial charge in [-0.15, -0.1) is 5.10 Å². The van der Waals surface area contributed by atoms with Crippen molar-refractivity contribution in [2.75, 3.05) is 0 Å². The average molecular weight is 420 g/mol. The lowest BCUT2D eigenvalue weighted by atomic mass is 9.88. The molecule has 0 atom stereocenters. The molecule has 1 aliphatic rings. The lowest BCUT2D eigenvalue weighted by Gasteiger charge is -2.22. The first-order valence-corrected chi connectivity index (χ1v) is 9.42. The van der Waals surface area contributed by atoms with Crippen LogP contribution in [0.15, 0.2) is 65.0 Å². The summed E-state index contributed by atoms with van der Waals surface area (Å²) in [6, 6.07) is 19.4. The smallest absolute Gasteiger partial charge is 0.348 e. The minimum atomic E-state index is -0.723. The Morgan fingerprint density at radius 1 is 0.938 bits per heavy atom. The number of hydrogen-bond acceptors (Lipinski definition) is 7. The van der Waals surface area contributed by atoms with Gasteiger partial charge in [0.2, 0.25) is 11.8 Å². The molecule has 0 amide bonds. The molecule has 9 nitrogen and oxygen atoms in total. The number of hydrogen-bond donors (Lipinski definition) is 3. The molecule has 0 saturated heterocycles. The van der Waals surface area contributed by atoms with Gasteiger partial charge in [-0.1, -0.05) is 42.5 Å². The van der Waals surface area contributed by atoms with Gasteiger partial charge in [0.25, 0.3) is 0 Å². The number of nitrogens with zero attached hydrogens (tertiary/aromatic N) is 4. The molecule has 2 aromatic carbocycles. The molecule has 0 spiro atoms. The molecule has 152 valence electrons. The molecule has 3 heterocycles. The van der Waals surface area contributed by atoms with Gasteiger partial charge in [0.1, 0.15) is 23.5 Å². The highest BCUT2D eigenvalue weighted by Gasteiger charge is 2.35. The van der Waals surface area contributed by atoms with Crippen molar-refractivity contribution in [2.24, 2.45) is 0 Å². The van der Waals surface area contributed by atoms with Crippen LogP contribution in [-0.4, -0.2) is 25.3 Å². The molecule has 4 aromatic rings. The van der Waals surface area contributed by atoms with Crippen molar-refractivity contribution in [3.05, 3.63) is 81.8 Å². The number of phenols is 1. The van der Waals surface area contributed by atoms with Crippen LogP contribution >= 0.6 is 0 Å². The Labute approximate surface area is 180 Å². The predicted molar refractivity (Wildman–Crippen MR) is 113 cm³/mol. The van der Waals surface area contributed by atoms with Crippen molar-refractivity contribution in [3.8, 4) is 52.2 Å². The van der Waals surface area contributed by atoms with Crippen LogP contribution in [0.3, 0.4) is 0 Å². The fourth-order valence-corrected chi connectivity index (χ4v) is 3.69. The lowest BCUT2D eigenvalue weighted by molar-refractivity contribution is 0.432. The second kappa shape index (κ2) is 7.27. The maximum absolute atomic E-state index is 12.3. The third-order valence-electron chi connectivity index (χ3n) is 5.03. The number of H-pyrrole nitrogens is 2. The van der Waals surface area contributed by atoms with E-state index in [2.05, 4.69) is 20.2 Å². The minimum absolute atomic E-state index is 0.0793. The van der Waals surface area contributed by atoms with Crippen LogP contribution in [0.2, 0.25) is 0 Å². The Morgan fingerprint density at radius 3 is 2.34 bits per heavy atom. The molecule has 32 heavy (non-hydrogen) atoms. The maximum atomic E-state index is 12.3. The first-order valence-electron chi connectivity index (χ1n) is 9.42. The van der Waals surface area contributed by atoms with Gasteiger partial charge in [0, 0.05) is 16.7 Å². The molecule has 2 aromatic heterocycles. The summed E-state index contributed by atoms with van der Waals surface area (Å²) in [5.74, 6) is -0.146. The van der Waals surface area contributed by atoms with Crippen LogP contribution in [0.1, 0.15) is 11.1 Å². The third-order valence-corrected chi connectivity index (χ3v) is 5.03. The van der Waals surface area contributed by atoms with Gasteiger partial charge in [-0.05, 0) is 12.1 Å². The number of rotatable bonds is 2. The van der Waals surface area contributed by atoms with Gasteiger partial charge in [0.05, 0.1) is 22.5 Å². The number of nitriles is 2. The zero-order chi connectivity index (χ0) is 22.2. The minimum Gasteiger partial charge on any atom is -0.507 e. The lowest BCUT2D eigenvalue weighted by Crippen LogP contribution is -2.18. The second-order valence-corrected chi connectivity index (χ2v) is 6.83. The molecule has 0 fully saturated rings. The fraction of sp³-hybridized carbons (Fsp3) is 0. The topological polar surface area (TPSA) is 151 Å². The first kappa shape index (κ1) is 18.9. The standard InChI is InChI=1S/C23H12N6O3/c24-10-13(11-25)16-17-19(12-6-2-1-3-7-12)28-29-22(17)32-21-18(16)20(26-23(31)27-21)14-8-4-5-9-15(14)30/h1-9,30H,(H,28,29)(H,26,27,31). The van der Waals surface area contributed by atoms with E-state index in [0.29, 0.717) is 11.3 Å². The summed E-state index contributed by atoms with van der Waals surface area (Å²) in [5, 5.41) is 37.0. The zero-order valence-corrected chi connectivity index (χ0v) is 16.2. The molecular weight excluding hydrogens is 408 g/mol. The summed E-state index contributed by atoms with van der Waals surface area (Å²) >= 11 is 0. The van der Waals surface area contributed by atoms with E-state index in [4.69, 9.17) is 4.74 Å². The number of aromatic nitrogens is 4. The zero-order valence-electron chi connectivity index (χ0n) is 16.2. The van der Waals surface area contributed by atoms with Gasteiger partial charge in [-0.2, -0.15) is 15.5 Å². The number of aromatic hydroxyl groups is 1. The van der Waals surface area contributed by atoms with Gasteiger partial charge >= 0.3 is 5.69 Å². The highest BCUT2D eigenvalue weighted by molar-refractivity contribution is 6.00. The predicted octanol–water partition coefficient (Wildman–Crippen LogP) is 3.49. The molecule has 0 saturated carbocycles. The van der Waals surface area contributed by atoms with Gasteiger partial charge in [-0.3, -0.25) is 5.10 Å². The van der Waals surface area contributed by atoms with Crippen molar-refractivity contribution in [2.45, 2.75) is 0 Å². The Morgan fingerprint density at radius 2 is 1.62 bits per heavy atom. The molecule has 1 aliphatic heterocycles. The van der Waals surface area contributed by atoms with Crippen molar-refractivity contribution < 1.29 is 9.84 Å². The molecular formula is C23H12N6O3. The van der Waals surface area contributed by atoms with Crippen LogP contribution in [0.5, 0.6) is 17.5 Å². The van der Waals surface area contributed by atoms with Crippen LogP contribution in [-0.2, 0) is 0 Å². The summed E-state index contributed by atoms with van der Waals surface area (Å²) in [6.45, 7) is 0. The monoisotopic (exact) mass is 420 g/mol. The van der Waals surface area contributed by atoms with Crippen LogP contribution in [0.25, 0.3) is 28.1 Å². The summed E-state index contributed by atoms with van der Waals surface area (Å²) in [5.41, 5.74) is 1.57. The van der Waals surface area contributed by atoms with Crippen molar-refractivity contribution in [1.29, 1.82) is 10.5 Å². The highest BCUT2D eigenvalue weighted by atomic mass is 16.5. The van der Waals surface area contributed by atoms with E-state index < -0.39 is 5.69 Å². The summed E-state index contributed by atoms with van der Waals surface area (Å²) < 4.78 is 5.82. The van der Waals surface area contributed by atoms with E-state index >= 15 is 0 Å². The Kier molecular flexibility index (Phi) is 4.28. The van der Waals surface area contributed by atoms with E-state index in [1.807, 2.05) is 42.5 Å². The van der Waals surface area contributed by atoms with Gasteiger partial charge in [0.15, 0.2) is 0 Å². The van der Waals surface area contributed by atoms with Gasteiger partial charge < -0.3 is 14.8 Å². The van der Waals surface area contributed by atoms with E-state index in [1.54, 1.807) is 18.2 Å². The molecule has 0 bridgehead atoms. The van der Waals surface area contributed by atoms with E-state index in [1.165, 1.54) is 6.07 Å². The Hall–Kier alpha value is -5.15. The number of aromatic amines is 2. The van der Waals surface area contributed by atoms with Crippen molar-refractivity contribution >= 4 is 5.57 Å². The number of ether oxygens (including phenoxy) is 1. The molecule has 5 rings (SSSR count). The van der Waals surface area contributed by atoms with Crippen molar-refractivity contribution in [1.82, 2.24) is 20.2 Å². The van der Waals surface area contributed by atoms with Crippen molar-refractivity contribution in [3.63, 3.8) is 0 Å². The van der Waals surface area contributed by atoms with Gasteiger partial charge in [-0.25, -0.2) is 4.79 Å². The molecule has 0 radical (unpaired) electrons. The Bertz CT molecular complexity index is 1540. The van der Waals surface area contributed by atoms with E-state index in [9.17, 15) is 20.4 Å². The van der Waals surface area contributed by atoms with E-state index in [0.717, 1.165) is 5.56 Å². The summed E-state index contributed by atoms with van der Waals surface area (Å²) in [7, 11) is 0. The number of benzene rings is 2. The summed E-state index contributed by atoms with van der Waals surface area (Å²) in [6.07, 6.45) is 0. The van der Waals surface area contributed by atoms with Crippen LogP contribution < -0.4 is 10.4 Å². The van der Waals surface area contributed by atoms with Crippen LogP contribution in [0.4, 0.5) is 0 Å². The first-order chi connectivity index (χ1) is 15.6. The van der Waals surface area contributed by atoms with E-state index in [-0.39, 0.29) is 45.5 Å². The number of allylic oxidation sites excluding steroid dienone is 1. The third kappa shape index (κ3) is 2.82. The largest absolute Gasteiger partial charge is 0.507 e. The quantitative estimate of drug-likeness (QED) is 0.370. The Balaban J connectivity index is 1.91. The number of phenolic OH excluding ortho intramolecular Hbond substituents is 1. The van der Waals surface area contributed by atoms with Crippen LogP contribution in [0, 0.1) is 22.7 Å². The molecule has 0 aliphatic carbocycles. The highest BCUT2D eigenvalue weighted by Crippen LogP contribution is 2.49. The normalized spacial score (nSPS) is 11.5. The fourth-order valence-electron chi connectivity index (χ4n) is 3.69. The molecule has 0 unspecified atom stereocenters. The number of para-hydroxylation sites is 1.